The lowest BCUT2D eigenvalue weighted by molar-refractivity contribution is -0.138. The second-order valence-corrected chi connectivity index (χ2v) is 5.43. The SMILES string of the molecule is O=C(O)C1CCCCCCCCCCCCNNN=N1. The molecule has 6 heteroatoms. The number of nitrogens with one attached hydrogen (secondary N) is 2. The summed E-state index contributed by atoms with van der Waals surface area (Å²) in [5.74, 6) is -0.895. The van der Waals surface area contributed by atoms with Crippen LogP contribution in [0.15, 0.2) is 10.3 Å². The zero-order chi connectivity index (χ0) is 14.5. The van der Waals surface area contributed by atoms with Crippen molar-refractivity contribution in [2.75, 3.05) is 6.54 Å². The molecule has 0 aliphatic carbocycles. The van der Waals surface area contributed by atoms with E-state index in [1.807, 2.05) is 0 Å². The fourth-order valence-electron chi connectivity index (χ4n) is 2.39. The maximum atomic E-state index is 11.0. The molecule has 1 aliphatic rings. The highest BCUT2D eigenvalue weighted by Crippen LogP contribution is 2.13. The van der Waals surface area contributed by atoms with E-state index in [0.29, 0.717) is 6.42 Å². The molecule has 1 aliphatic heterocycles. The molecule has 116 valence electrons. The van der Waals surface area contributed by atoms with Crippen LogP contribution in [-0.4, -0.2) is 23.7 Å². The van der Waals surface area contributed by atoms with Crippen LogP contribution in [0, 0.1) is 0 Å². The minimum absolute atomic E-state index is 0.570. The Morgan fingerprint density at radius 3 is 2.05 bits per heavy atom. The van der Waals surface area contributed by atoms with Crippen molar-refractivity contribution in [3.63, 3.8) is 0 Å². The first-order valence-electron chi connectivity index (χ1n) is 7.91. The first-order chi connectivity index (χ1) is 9.80. The van der Waals surface area contributed by atoms with Gasteiger partial charge in [-0.2, -0.15) is 5.11 Å². The number of aliphatic carboxylic acids is 1. The molecule has 0 radical (unpaired) electrons. The summed E-state index contributed by atoms with van der Waals surface area (Å²) in [7, 11) is 0. The summed E-state index contributed by atoms with van der Waals surface area (Å²) in [4.78, 5) is 11.0. The number of hydrogen-bond acceptors (Lipinski definition) is 5. The van der Waals surface area contributed by atoms with Crippen molar-refractivity contribution in [3.05, 3.63) is 0 Å². The van der Waals surface area contributed by atoms with Gasteiger partial charge < -0.3 is 5.11 Å². The van der Waals surface area contributed by atoms with Gasteiger partial charge in [0.15, 0.2) is 6.04 Å². The third-order valence-electron chi connectivity index (χ3n) is 3.64. The third-order valence-corrected chi connectivity index (χ3v) is 3.64. The average molecular weight is 284 g/mol. The van der Waals surface area contributed by atoms with Gasteiger partial charge in [0.2, 0.25) is 0 Å². The highest BCUT2D eigenvalue weighted by atomic mass is 16.4. The first-order valence-corrected chi connectivity index (χ1v) is 7.91. The lowest BCUT2D eigenvalue weighted by atomic mass is 10.0. The van der Waals surface area contributed by atoms with E-state index < -0.39 is 12.0 Å². The number of carboxylic acids is 1. The molecule has 0 amide bonds. The van der Waals surface area contributed by atoms with Gasteiger partial charge in [-0.25, -0.2) is 15.8 Å². The minimum Gasteiger partial charge on any atom is -0.480 e. The van der Waals surface area contributed by atoms with Gasteiger partial charge in [-0.3, -0.25) is 0 Å². The van der Waals surface area contributed by atoms with Crippen LogP contribution in [-0.2, 0) is 4.79 Å². The van der Waals surface area contributed by atoms with Crippen LogP contribution in [0.25, 0.3) is 0 Å². The molecule has 0 fully saturated rings. The van der Waals surface area contributed by atoms with E-state index in [1.165, 1.54) is 44.9 Å². The molecule has 0 saturated heterocycles. The zero-order valence-electron chi connectivity index (χ0n) is 12.3. The van der Waals surface area contributed by atoms with Gasteiger partial charge in [-0.1, -0.05) is 63.0 Å². The highest BCUT2D eigenvalue weighted by Gasteiger charge is 2.15. The standard InChI is InChI=1S/C14H28N4O2/c19-14(20)13-11-9-7-5-3-1-2-4-6-8-10-12-15-17-18-16-13/h13H,1-12H2,(H,15,18)(H,16,17)(H,19,20). The molecule has 20 heavy (non-hydrogen) atoms. The Morgan fingerprint density at radius 2 is 1.45 bits per heavy atom. The smallest absolute Gasteiger partial charge is 0.330 e. The molecule has 0 aromatic rings. The summed E-state index contributed by atoms with van der Waals surface area (Å²) in [5.41, 5.74) is 5.55. The molecule has 1 unspecified atom stereocenters. The van der Waals surface area contributed by atoms with Crippen LogP contribution in [0.3, 0.4) is 0 Å². The fourth-order valence-corrected chi connectivity index (χ4v) is 2.39. The Labute approximate surface area is 121 Å². The van der Waals surface area contributed by atoms with E-state index in [0.717, 1.165) is 25.8 Å². The Balaban J connectivity index is 2.32. The Morgan fingerprint density at radius 1 is 0.900 bits per heavy atom. The molecule has 0 aromatic carbocycles. The van der Waals surface area contributed by atoms with Crippen molar-refractivity contribution in [1.82, 2.24) is 11.0 Å². The summed E-state index contributed by atoms with van der Waals surface area (Å²) in [6.07, 6.45) is 12.6. The van der Waals surface area contributed by atoms with E-state index in [1.54, 1.807) is 0 Å². The molecular formula is C14H28N4O2. The van der Waals surface area contributed by atoms with E-state index in [9.17, 15) is 4.79 Å². The van der Waals surface area contributed by atoms with E-state index in [2.05, 4.69) is 21.3 Å². The molecule has 0 aromatic heterocycles. The number of carboxylic acid groups (broad SMARTS) is 1. The predicted octanol–water partition coefficient (Wildman–Crippen LogP) is 3.21. The minimum atomic E-state index is -0.895. The number of rotatable bonds is 1. The van der Waals surface area contributed by atoms with Gasteiger partial charge >= 0.3 is 5.97 Å². The van der Waals surface area contributed by atoms with Gasteiger partial charge in [0.05, 0.1) is 0 Å². The van der Waals surface area contributed by atoms with E-state index in [-0.39, 0.29) is 0 Å². The predicted molar refractivity (Wildman–Crippen MR) is 78.2 cm³/mol. The van der Waals surface area contributed by atoms with Gasteiger partial charge in [-0.05, 0) is 12.8 Å². The monoisotopic (exact) mass is 284 g/mol. The van der Waals surface area contributed by atoms with Crippen molar-refractivity contribution in [1.29, 1.82) is 0 Å². The summed E-state index contributed by atoms with van der Waals surface area (Å²) in [5, 5.41) is 16.6. The van der Waals surface area contributed by atoms with Crippen molar-refractivity contribution >= 4 is 5.97 Å². The molecule has 3 N–H and O–H groups in total. The molecule has 1 rings (SSSR count). The van der Waals surface area contributed by atoms with Gasteiger partial charge in [0.1, 0.15) is 0 Å². The number of hydrogen-bond donors (Lipinski definition) is 3. The number of carbonyl (C=O) groups is 1. The Bertz CT molecular complexity index is 284. The zero-order valence-corrected chi connectivity index (χ0v) is 12.3. The second-order valence-electron chi connectivity index (χ2n) is 5.43. The van der Waals surface area contributed by atoms with Gasteiger partial charge in [0.25, 0.3) is 0 Å². The van der Waals surface area contributed by atoms with Crippen molar-refractivity contribution in [2.24, 2.45) is 10.3 Å². The van der Waals surface area contributed by atoms with Crippen LogP contribution < -0.4 is 11.0 Å². The average Bonchev–Trinajstić information content (AvgIpc) is 2.43. The molecule has 1 heterocycles. The molecule has 0 spiro atoms. The maximum absolute atomic E-state index is 11.0. The summed E-state index contributed by atoms with van der Waals surface area (Å²) >= 11 is 0. The third kappa shape index (κ3) is 8.85. The second kappa shape index (κ2) is 11.6. The largest absolute Gasteiger partial charge is 0.480 e. The summed E-state index contributed by atoms with van der Waals surface area (Å²) in [6.45, 7) is 0.830. The summed E-state index contributed by atoms with van der Waals surface area (Å²) in [6, 6.07) is -0.722. The maximum Gasteiger partial charge on any atom is 0.330 e. The van der Waals surface area contributed by atoms with Crippen LogP contribution >= 0.6 is 0 Å². The lowest BCUT2D eigenvalue weighted by Crippen LogP contribution is -2.28. The fraction of sp³-hybridized carbons (Fsp3) is 0.929. The number of nitrogens with zero attached hydrogens (tertiary/aromatic N) is 2. The van der Waals surface area contributed by atoms with Crippen molar-refractivity contribution in [3.8, 4) is 0 Å². The van der Waals surface area contributed by atoms with Crippen molar-refractivity contribution in [2.45, 2.75) is 76.7 Å². The molecule has 0 bridgehead atoms. The van der Waals surface area contributed by atoms with Crippen LogP contribution in [0.1, 0.15) is 70.6 Å². The quantitative estimate of drug-likeness (QED) is 0.690. The topological polar surface area (TPSA) is 86.1 Å². The highest BCUT2D eigenvalue weighted by molar-refractivity contribution is 5.73. The van der Waals surface area contributed by atoms with Crippen LogP contribution in [0.2, 0.25) is 0 Å². The van der Waals surface area contributed by atoms with Gasteiger partial charge in [-0.15, -0.1) is 0 Å². The molecule has 1 atom stereocenters. The Hall–Kier alpha value is -1.17. The van der Waals surface area contributed by atoms with Gasteiger partial charge in [0, 0.05) is 6.54 Å². The van der Waals surface area contributed by atoms with Crippen molar-refractivity contribution < 1.29 is 9.90 Å². The molecular weight excluding hydrogens is 256 g/mol. The van der Waals surface area contributed by atoms with Crippen LogP contribution in [0.5, 0.6) is 0 Å². The first kappa shape index (κ1) is 16.9. The summed E-state index contributed by atoms with van der Waals surface area (Å²) < 4.78 is 0. The van der Waals surface area contributed by atoms with E-state index in [4.69, 9.17) is 5.11 Å². The lowest BCUT2D eigenvalue weighted by Gasteiger charge is -2.06. The number of hydrazine groups is 1. The Kier molecular flexibility index (Phi) is 9.83. The van der Waals surface area contributed by atoms with E-state index >= 15 is 0 Å². The molecule has 6 nitrogen and oxygen atoms in total. The van der Waals surface area contributed by atoms with Crippen LogP contribution in [0.4, 0.5) is 0 Å². The normalized spacial score (nSPS) is 24.5. The molecule has 0 saturated carbocycles.